The molecule has 7 heteroatoms. The maximum Gasteiger partial charge on any atom is 0.314 e. The topological polar surface area (TPSA) is 92.7 Å². The zero-order valence-corrected chi connectivity index (χ0v) is 16.1. The first kappa shape index (κ1) is 19.4. The molecular weight excluding hydrogens is 366 g/mol. The third-order valence-electron chi connectivity index (χ3n) is 4.86. The number of carbonyl (C=O) groups is 1. The summed E-state index contributed by atoms with van der Waals surface area (Å²) in [5, 5.41) is 9.33. The monoisotopic (exact) mass is 389 g/mol. The summed E-state index contributed by atoms with van der Waals surface area (Å²) < 4.78 is 33.3. The second kappa shape index (κ2) is 7.32. The lowest BCUT2D eigenvalue weighted by Gasteiger charge is -2.17. The first-order valence-electron chi connectivity index (χ1n) is 8.80. The minimum atomic E-state index is -3.70. The minimum Gasteiger partial charge on any atom is -0.489 e. The van der Waals surface area contributed by atoms with Crippen LogP contribution in [0.1, 0.15) is 30.9 Å². The maximum absolute atomic E-state index is 12.5. The lowest BCUT2D eigenvalue weighted by Crippen LogP contribution is -2.33. The smallest absolute Gasteiger partial charge is 0.314 e. The quantitative estimate of drug-likeness (QED) is 0.724. The molecule has 0 aromatic heterocycles. The molecule has 0 radical (unpaired) electrons. The van der Waals surface area contributed by atoms with Gasteiger partial charge in [-0.25, -0.2) is 13.1 Å². The summed E-state index contributed by atoms with van der Waals surface area (Å²) in [7, 11) is -3.70. The van der Waals surface area contributed by atoms with E-state index >= 15 is 0 Å². The number of hydrogen-bond acceptors (Lipinski definition) is 4. The van der Waals surface area contributed by atoms with E-state index in [0.717, 1.165) is 11.3 Å². The van der Waals surface area contributed by atoms with Crippen LogP contribution in [0.2, 0.25) is 0 Å². The predicted octanol–water partition coefficient (Wildman–Crippen LogP) is 2.86. The normalized spacial score (nSPS) is 16.5. The maximum atomic E-state index is 12.5. The molecule has 0 saturated heterocycles. The van der Waals surface area contributed by atoms with E-state index in [1.54, 1.807) is 19.1 Å². The molecule has 144 valence electrons. The molecule has 1 unspecified atom stereocenters. The largest absolute Gasteiger partial charge is 0.489 e. The Morgan fingerprint density at radius 1 is 1.19 bits per heavy atom. The molecule has 2 aromatic rings. The number of sulfonamides is 1. The number of hydrogen-bond donors (Lipinski definition) is 2. The van der Waals surface area contributed by atoms with Crippen LogP contribution >= 0.6 is 0 Å². The second-order valence-corrected chi connectivity index (χ2v) is 8.72. The molecule has 2 N–H and O–H groups in total. The summed E-state index contributed by atoms with van der Waals surface area (Å²) in [6.45, 7) is 3.84. The second-order valence-electron chi connectivity index (χ2n) is 6.96. The van der Waals surface area contributed by atoms with Crippen molar-refractivity contribution in [1.82, 2.24) is 4.72 Å². The van der Waals surface area contributed by atoms with Gasteiger partial charge in [-0.15, -0.1) is 0 Å². The first-order chi connectivity index (χ1) is 12.7. The molecule has 0 amide bonds. The number of rotatable bonds is 8. The number of aliphatic carboxylic acids is 1. The molecule has 1 atom stereocenters. The molecule has 1 aliphatic carbocycles. The summed E-state index contributed by atoms with van der Waals surface area (Å²) in [4.78, 5) is 11.5. The van der Waals surface area contributed by atoms with E-state index in [9.17, 15) is 18.3 Å². The van der Waals surface area contributed by atoms with Crippen LogP contribution in [0.4, 0.5) is 0 Å². The fraction of sp³-hybridized carbons (Fsp3) is 0.350. The highest BCUT2D eigenvalue weighted by Crippen LogP contribution is 2.48. The SMILES string of the molecule is Cc1ccccc1OC(C)CNS(=O)(=O)c1ccc(C2(C(=O)O)CC2)cc1. The molecule has 1 fully saturated rings. The van der Waals surface area contributed by atoms with Crippen LogP contribution in [0.25, 0.3) is 0 Å². The third kappa shape index (κ3) is 4.14. The number of aryl methyl sites for hydroxylation is 1. The fourth-order valence-corrected chi connectivity index (χ4v) is 4.08. The fourth-order valence-electron chi connectivity index (χ4n) is 2.96. The highest BCUT2D eigenvalue weighted by Gasteiger charge is 2.51. The summed E-state index contributed by atoms with van der Waals surface area (Å²) in [6.07, 6.45) is 0.822. The number of carboxylic acids is 1. The van der Waals surface area contributed by atoms with E-state index in [0.29, 0.717) is 18.4 Å². The Labute approximate surface area is 159 Å². The lowest BCUT2D eigenvalue weighted by atomic mass is 9.96. The van der Waals surface area contributed by atoms with E-state index in [2.05, 4.69) is 4.72 Å². The minimum absolute atomic E-state index is 0.107. The average Bonchev–Trinajstić information content (AvgIpc) is 3.44. The van der Waals surface area contributed by atoms with Crippen molar-refractivity contribution >= 4 is 16.0 Å². The summed E-state index contributed by atoms with van der Waals surface area (Å²) in [6, 6.07) is 13.6. The van der Waals surface area contributed by atoms with Crippen LogP contribution in [0.3, 0.4) is 0 Å². The van der Waals surface area contributed by atoms with Crippen molar-refractivity contribution in [2.75, 3.05) is 6.54 Å². The molecule has 1 saturated carbocycles. The van der Waals surface area contributed by atoms with E-state index in [1.807, 2.05) is 31.2 Å². The average molecular weight is 389 g/mol. The number of ether oxygens (including phenoxy) is 1. The van der Waals surface area contributed by atoms with Gasteiger partial charge in [-0.3, -0.25) is 4.79 Å². The van der Waals surface area contributed by atoms with Crippen molar-refractivity contribution in [2.24, 2.45) is 0 Å². The van der Waals surface area contributed by atoms with E-state index in [4.69, 9.17) is 4.74 Å². The highest BCUT2D eigenvalue weighted by molar-refractivity contribution is 7.89. The molecule has 0 aliphatic heterocycles. The van der Waals surface area contributed by atoms with E-state index in [-0.39, 0.29) is 17.5 Å². The Balaban J connectivity index is 1.63. The van der Waals surface area contributed by atoms with Gasteiger partial charge < -0.3 is 9.84 Å². The summed E-state index contributed by atoms with van der Waals surface area (Å²) in [5.74, 6) is -0.143. The van der Waals surface area contributed by atoms with Crippen LogP contribution in [0.5, 0.6) is 5.75 Å². The molecule has 0 bridgehead atoms. The Bertz CT molecular complexity index is 933. The van der Waals surface area contributed by atoms with Crippen LogP contribution in [0.15, 0.2) is 53.4 Å². The molecular formula is C20H23NO5S. The molecule has 3 rings (SSSR count). The Hall–Kier alpha value is -2.38. The third-order valence-corrected chi connectivity index (χ3v) is 6.30. The van der Waals surface area contributed by atoms with Gasteiger partial charge in [-0.1, -0.05) is 30.3 Å². The van der Waals surface area contributed by atoms with Crippen molar-refractivity contribution in [3.05, 3.63) is 59.7 Å². The lowest BCUT2D eigenvalue weighted by molar-refractivity contribution is -0.140. The van der Waals surface area contributed by atoms with E-state index in [1.165, 1.54) is 12.1 Å². The van der Waals surface area contributed by atoms with Crippen molar-refractivity contribution < 1.29 is 23.1 Å². The van der Waals surface area contributed by atoms with Crippen LogP contribution in [-0.2, 0) is 20.2 Å². The molecule has 1 aliphatic rings. The van der Waals surface area contributed by atoms with Crippen molar-refractivity contribution in [3.8, 4) is 5.75 Å². The Morgan fingerprint density at radius 2 is 1.81 bits per heavy atom. The standard InChI is InChI=1S/C20H23NO5S/c1-14-5-3-4-6-18(14)26-15(2)13-21-27(24,25)17-9-7-16(8-10-17)20(11-12-20)19(22)23/h3-10,15,21H,11-13H2,1-2H3,(H,22,23). The Kier molecular flexibility index (Phi) is 5.26. The molecule has 2 aromatic carbocycles. The number of carboxylic acid groups (broad SMARTS) is 1. The zero-order chi connectivity index (χ0) is 19.7. The highest BCUT2D eigenvalue weighted by atomic mass is 32.2. The first-order valence-corrected chi connectivity index (χ1v) is 10.3. The van der Waals surface area contributed by atoms with Crippen molar-refractivity contribution in [3.63, 3.8) is 0 Å². The summed E-state index contributed by atoms with van der Waals surface area (Å²) >= 11 is 0. The van der Waals surface area contributed by atoms with Gasteiger partial charge in [0.05, 0.1) is 10.3 Å². The van der Waals surface area contributed by atoms with Crippen LogP contribution < -0.4 is 9.46 Å². The molecule has 0 heterocycles. The Morgan fingerprint density at radius 3 is 2.37 bits per heavy atom. The molecule has 0 spiro atoms. The van der Waals surface area contributed by atoms with Gasteiger partial charge in [0.15, 0.2) is 0 Å². The molecule has 27 heavy (non-hydrogen) atoms. The van der Waals surface area contributed by atoms with Gasteiger partial charge in [0, 0.05) is 6.54 Å². The zero-order valence-electron chi connectivity index (χ0n) is 15.3. The number of para-hydroxylation sites is 1. The van der Waals surface area contributed by atoms with Gasteiger partial charge in [-0.05, 0) is 56.0 Å². The predicted molar refractivity (Wildman–Crippen MR) is 101 cm³/mol. The van der Waals surface area contributed by atoms with Gasteiger partial charge in [0.2, 0.25) is 10.0 Å². The number of benzene rings is 2. The van der Waals surface area contributed by atoms with Gasteiger partial charge >= 0.3 is 5.97 Å². The molecule has 6 nitrogen and oxygen atoms in total. The van der Waals surface area contributed by atoms with Gasteiger partial charge in [-0.2, -0.15) is 0 Å². The van der Waals surface area contributed by atoms with Crippen LogP contribution in [0, 0.1) is 6.92 Å². The van der Waals surface area contributed by atoms with Crippen molar-refractivity contribution in [1.29, 1.82) is 0 Å². The summed E-state index contributed by atoms with van der Waals surface area (Å²) in [5.41, 5.74) is 0.784. The van der Waals surface area contributed by atoms with E-state index < -0.39 is 21.4 Å². The van der Waals surface area contributed by atoms with Crippen molar-refractivity contribution in [2.45, 2.75) is 43.1 Å². The van der Waals surface area contributed by atoms with Gasteiger partial charge in [0.25, 0.3) is 0 Å². The number of nitrogens with one attached hydrogen (secondary N) is 1. The van der Waals surface area contributed by atoms with Crippen LogP contribution in [-0.4, -0.2) is 32.1 Å². The van der Waals surface area contributed by atoms with Gasteiger partial charge in [0.1, 0.15) is 11.9 Å².